The molecule has 0 fully saturated rings. The predicted octanol–water partition coefficient (Wildman–Crippen LogP) is 1.85. The van der Waals surface area contributed by atoms with Gasteiger partial charge in [-0.2, -0.15) is 0 Å². The summed E-state index contributed by atoms with van der Waals surface area (Å²) >= 11 is 0. The number of nitrogens with zero attached hydrogens (tertiary/aromatic N) is 1. The number of ether oxygens (including phenoxy) is 1. The normalized spacial score (nSPS) is 13.4. The first-order chi connectivity index (χ1) is 18.1. The molecule has 2 aromatic rings. The summed E-state index contributed by atoms with van der Waals surface area (Å²) in [5, 5.41) is 33.7. The van der Waals surface area contributed by atoms with Gasteiger partial charge in [0.15, 0.2) is 0 Å². The Morgan fingerprint density at radius 1 is 0.974 bits per heavy atom. The van der Waals surface area contributed by atoms with Crippen LogP contribution < -0.4 is 11.1 Å². The Balaban J connectivity index is 2.40. The Bertz CT molecular complexity index is 1070. The number of benzene rings is 2. The van der Waals surface area contributed by atoms with Gasteiger partial charge >= 0.3 is 0 Å². The minimum Gasteiger partial charge on any atom is -0.508 e. The van der Waals surface area contributed by atoms with Gasteiger partial charge in [-0.1, -0.05) is 26.0 Å². The van der Waals surface area contributed by atoms with Crippen LogP contribution in [0, 0.1) is 0 Å². The zero-order valence-electron chi connectivity index (χ0n) is 22.2. The molecule has 2 rings (SSSR count). The van der Waals surface area contributed by atoms with Crippen LogP contribution in [0.15, 0.2) is 42.5 Å². The van der Waals surface area contributed by atoms with E-state index < -0.39 is 30.1 Å². The van der Waals surface area contributed by atoms with E-state index in [4.69, 9.17) is 10.5 Å². The van der Waals surface area contributed by atoms with Crippen LogP contribution in [0.3, 0.4) is 0 Å². The molecule has 208 valence electrons. The average molecular weight is 530 g/mol. The molecular formula is C28H39N3O7. The van der Waals surface area contributed by atoms with E-state index >= 15 is 0 Å². The highest BCUT2D eigenvalue weighted by Crippen LogP contribution is 2.18. The molecule has 0 aromatic heterocycles. The number of primary amides is 1. The van der Waals surface area contributed by atoms with Crippen LogP contribution in [0.25, 0.3) is 0 Å². The minimum absolute atomic E-state index is 0.00436. The zero-order valence-corrected chi connectivity index (χ0v) is 22.2. The lowest BCUT2D eigenvalue weighted by Gasteiger charge is -2.28. The summed E-state index contributed by atoms with van der Waals surface area (Å²) in [4.78, 5) is 40.2. The van der Waals surface area contributed by atoms with Crippen molar-refractivity contribution in [3.63, 3.8) is 0 Å². The number of carbonyl (C=O) groups excluding carboxylic acids is 3. The second kappa shape index (κ2) is 15.1. The van der Waals surface area contributed by atoms with Crippen molar-refractivity contribution >= 4 is 17.7 Å². The first kappa shape index (κ1) is 30.8. The molecule has 10 heteroatoms. The first-order valence-corrected chi connectivity index (χ1v) is 12.8. The van der Waals surface area contributed by atoms with Crippen molar-refractivity contribution < 1.29 is 34.4 Å². The molecule has 0 aliphatic rings. The predicted molar refractivity (Wildman–Crippen MR) is 143 cm³/mol. The number of carbonyl (C=O) groups is 3. The number of aliphatic hydroxyl groups is 2. The van der Waals surface area contributed by atoms with E-state index in [1.54, 1.807) is 17.0 Å². The second-order valence-corrected chi connectivity index (χ2v) is 9.25. The third-order valence-corrected chi connectivity index (χ3v) is 6.13. The Kier molecular flexibility index (Phi) is 12.2. The third-order valence-electron chi connectivity index (χ3n) is 6.13. The number of hydrogen-bond donors (Lipinski definition) is 5. The zero-order chi connectivity index (χ0) is 28.2. The molecule has 3 atom stereocenters. The summed E-state index contributed by atoms with van der Waals surface area (Å²) in [5.74, 6) is -1.69. The van der Waals surface area contributed by atoms with Gasteiger partial charge in [-0.15, -0.1) is 0 Å². The molecule has 2 aromatic carbocycles. The van der Waals surface area contributed by atoms with Crippen LogP contribution in [0.4, 0.5) is 0 Å². The van der Waals surface area contributed by atoms with E-state index in [-0.39, 0.29) is 47.8 Å². The van der Waals surface area contributed by atoms with Crippen molar-refractivity contribution in [3.8, 4) is 5.75 Å². The van der Waals surface area contributed by atoms with Gasteiger partial charge in [0, 0.05) is 43.5 Å². The number of aliphatic hydroxyl groups excluding tert-OH is 2. The van der Waals surface area contributed by atoms with Crippen LogP contribution in [0.1, 0.15) is 69.7 Å². The van der Waals surface area contributed by atoms with E-state index in [9.17, 15) is 29.7 Å². The standard InChI is InChI=1S/C28H39N3O7/c1-4-11-31(12-5-2)28(37)21-16-19(26(29)35)15-20(17-21)27(36)30-23(25(34)24(33)10-13-38-3)14-18-6-8-22(32)9-7-18/h6-9,15-17,23-25,32-34H,4-5,10-14H2,1-3H3,(H2,29,35)(H,30,36). The molecule has 38 heavy (non-hydrogen) atoms. The number of aromatic hydroxyl groups is 1. The highest BCUT2D eigenvalue weighted by Gasteiger charge is 2.29. The Labute approximate surface area is 223 Å². The SMILES string of the molecule is CCCN(CCC)C(=O)c1cc(C(N)=O)cc(C(=O)NC(Cc2ccc(O)cc2)C(O)C(O)CCOC)c1. The highest BCUT2D eigenvalue weighted by molar-refractivity contribution is 6.04. The third kappa shape index (κ3) is 8.83. The summed E-state index contributed by atoms with van der Waals surface area (Å²) in [6, 6.07) is 9.37. The fraction of sp³-hybridized carbons (Fsp3) is 0.464. The van der Waals surface area contributed by atoms with Crippen molar-refractivity contribution in [1.82, 2.24) is 10.2 Å². The molecule has 0 heterocycles. The van der Waals surface area contributed by atoms with Crippen LogP contribution in [0.2, 0.25) is 0 Å². The molecule has 10 nitrogen and oxygen atoms in total. The molecule has 0 aliphatic heterocycles. The molecule has 0 spiro atoms. The molecule has 0 radical (unpaired) electrons. The average Bonchev–Trinajstić information content (AvgIpc) is 2.91. The van der Waals surface area contributed by atoms with Crippen molar-refractivity contribution in [2.75, 3.05) is 26.8 Å². The van der Waals surface area contributed by atoms with E-state index in [2.05, 4.69) is 5.32 Å². The lowest BCUT2D eigenvalue weighted by molar-refractivity contribution is -0.0177. The van der Waals surface area contributed by atoms with Crippen molar-refractivity contribution in [3.05, 3.63) is 64.7 Å². The summed E-state index contributed by atoms with van der Waals surface area (Å²) in [6.45, 7) is 5.16. The molecule has 0 aliphatic carbocycles. The Hall–Kier alpha value is -3.47. The maximum absolute atomic E-state index is 13.4. The molecule has 3 amide bonds. The molecule has 3 unspecified atom stereocenters. The topological polar surface area (TPSA) is 162 Å². The van der Waals surface area contributed by atoms with Gasteiger partial charge in [-0.25, -0.2) is 0 Å². The quantitative estimate of drug-likeness (QED) is 0.235. The van der Waals surface area contributed by atoms with Crippen LogP contribution in [-0.2, 0) is 11.2 Å². The smallest absolute Gasteiger partial charge is 0.253 e. The number of methoxy groups -OCH3 is 1. The maximum atomic E-state index is 13.4. The summed E-state index contributed by atoms with van der Waals surface area (Å²) < 4.78 is 4.98. The molecular weight excluding hydrogens is 490 g/mol. The number of rotatable bonds is 15. The monoisotopic (exact) mass is 529 g/mol. The summed E-state index contributed by atoms with van der Waals surface area (Å²) in [5.41, 5.74) is 6.37. The van der Waals surface area contributed by atoms with Gasteiger partial charge in [0.25, 0.3) is 11.8 Å². The van der Waals surface area contributed by atoms with Crippen LogP contribution in [-0.4, -0.2) is 83.0 Å². The molecule has 0 bridgehead atoms. The first-order valence-electron chi connectivity index (χ1n) is 12.8. The Morgan fingerprint density at radius 3 is 2.11 bits per heavy atom. The van der Waals surface area contributed by atoms with E-state index in [0.717, 1.165) is 12.8 Å². The summed E-state index contributed by atoms with van der Waals surface area (Å²) in [7, 11) is 1.47. The highest BCUT2D eigenvalue weighted by atomic mass is 16.5. The van der Waals surface area contributed by atoms with Gasteiger partial charge in [-0.05, 0) is 61.6 Å². The van der Waals surface area contributed by atoms with Crippen molar-refractivity contribution in [1.29, 1.82) is 0 Å². The lowest BCUT2D eigenvalue weighted by Crippen LogP contribution is -2.50. The van der Waals surface area contributed by atoms with E-state index in [1.165, 1.54) is 37.4 Å². The van der Waals surface area contributed by atoms with Crippen molar-refractivity contribution in [2.45, 2.75) is 57.8 Å². The van der Waals surface area contributed by atoms with Gasteiger partial charge < -0.3 is 36.0 Å². The van der Waals surface area contributed by atoms with Gasteiger partial charge in [0.1, 0.15) is 11.9 Å². The fourth-order valence-electron chi connectivity index (χ4n) is 4.13. The van der Waals surface area contributed by atoms with Crippen LogP contribution in [0.5, 0.6) is 5.75 Å². The van der Waals surface area contributed by atoms with Gasteiger partial charge in [0.05, 0.1) is 12.1 Å². The Morgan fingerprint density at radius 2 is 1.55 bits per heavy atom. The lowest BCUT2D eigenvalue weighted by atomic mass is 9.95. The summed E-state index contributed by atoms with van der Waals surface area (Å²) in [6.07, 6.45) is -0.774. The second-order valence-electron chi connectivity index (χ2n) is 9.25. The van der Waals surface area contributed by atoms with E-state index in [0.29, 0.717) is 18.7 Å². The minimum atomic E-state index is -1.35. The van der Waals surface area contributed by atoms with E-state index in [1.807, 2.05) is 13.8 Å². The number of nitrogens with two attached hydrogens (primary N) is 1. The van der Waals surface area contributed by atoms with Crippen molar-refractivity contribution in [2.24, 2.45) is 5.73 Å². The number of amides is 3. The molecule has 0 saturated carbocycles. The molecule has 0 saturated heterocycles. The van der Waals surface area contributed by atoms with Gasteiger partial charge in [0.2, 0.25) is 5.91 Å². The van der Waals surface area contributed by atoms with Gasteiger partial charge in [-0.3, -0.25) is 14.4 Å². The number of phenolic OH excluding ortho intramolecular Hbond substituents is 1. The van der Waals surface area contributed by atoms with Crippen LogP contribution >= 0.6 is 0 Å². The number of hydrogen-bond acceptors (Lipinski definition) is 7. The maximum Gasteiger partial charge on any atom is 0.253 e. The number of phenols is 1. The molecule has 6 N–H and O–H groups in total. The number of nitrogens with one attached hydrogen (secondary N) is 1. The fourth-order valence-corrected chi connectivity index (χ4v) is 4.13. The largest absolute Gasteiger partial charge is 0.508 e.